The van der Waals surface area contributed by atoms with Crippen molar-refractivity contribution in [1.82, 2.24) is 5.32 Å². The van der Waals surface area contributed by atoms with Crippen molar-refractivity contribution in [2.45, 2.75) is 66.4 Å². The number of benzene rings is 1. The summed E-state index contributed by atoms with van der Waals surface area (Å²) in [5.74, 6) is -0.922. The first-order valence-electron chi connectivity index (χ1n) is 10.2. The van der Waals surface area contributed by atoms with Crippen molar-refractivity contribution in [2.24, 2.45) is 5.41 Å². The second-order valence-electron chi connectivity index (χ2n) is 9.05. The highest BCUT2D eigenvalue weighted by Gasteiger charge is 2.43. The lowest BCUT2D eigenvalue weighted by molar-refractivity contribution is -0.143. The predicted molar refractivity (Wildman–Crippen MR) is 113 cm³/mol. The van der Waals surface area contributed by atoms with E-state index in [9.17, 15) is 14.4 Å². The maximum Gasteiger partial charge on any atom is 0.337 e. The largest absolute Gasteiger partial charge is 0.460 e. The summed E-state index contributed by atoms with van der Waals surface area (Å²) >= 11 is 0. The van der Waals surface area contributed by atoms with Gasteiger partial charge in [0.1, 0.15) is 5.75 Å². The molecule has 1 atom stereocenters. The second kappa shape index (κ2) is 8.09. The van der Waals surface area contributed by atoms with E-state index in [2.05, 4.69) is 19.2 Å². The second-order valence-corrected chi connectivity index (χ2v) is 9.05. The molecule has 6 nitrogen and oxygen atoms in total. The summed E-state index contributed by atoms with van der Waals surface area (Å²) in [6.07, 6.45) is 0.863. The number of carbonyl (C=O) groups is 3. The summed E-state index contributed by atoms with van der Waals surface area (Å²) < 4.78 is 10.6. The van der Waals surface area contributed by atoms with E-state index in [0.717, 1.165) is 17.7 Å². The number of allylic oxidation sites excluding steroid dienone is 3. The molecule has 0 saturated heterocycles. The number of hydrogen-bond donors (Lipinski definition) is 1. The zero-order chi connectivity index (χ0) is 22.2. The van der Waals surface area contributed by atoms with Crippen LogP contribution in [0.2, 0.25) is 0 Å². The summed E-state index contributed by atoms with van der Waals surface area (Å²) in [5.41, 5.74) is 3.25. The van der Waals surface area contributed by atoms with Gasteiger partial charge in [-0.05, 0) is 50.3 Å². The molecule has 0 amide bonds. The quantitative estimate of drug-likeness (QED) is 0.592. The predicted octanol–water partition coefficient (Wildman–Crippen LogP) is 4.17. The number of ether oxygens (including phenoxy) is 2. The third-order valence-electron chi connectivity index (χ3n) is 5.28. The number of ketones is 1. The van der Waals surface area contributed by atoms with Crippen LogP contribution in [-0.2, 0) is 19.1 Å². The number of carbonyl (C=O) groups excluding carboxylic acids is 3. The third kappa shape index (κ3) is 4.48. The van der Waals surface area contributed by atoms with Crippen LogP contribution in [0, 0.1) is 5.41 Å². The van der Waals surface area contributed by atoms with Crippen LogP contribution >= 0.6 is 0 Å². The Morgan fingerprint density at radius 3 is 2.33 bits per heavy atom. The van der Waals surface area contributed by atoms with Crippen LogP contribution in [0.3, 0.4) is 0 Å². The van der Waals surface area contributed by atoms with E-state index in [-0.39, 0.29) is 17.3 Å². The average molecular weight is 411 g/mol. The van der Waals surface area contributed by atoms with E-state index in [1.807, 2.05) is 6.92 Å². The molecule has 0 bridgehead atoms. The van der Waals surface area contributed by atoms with Gasteiger partial charge < -0.3 is 14.8 Å². The standard InChI is InChI=1S/C24H29NO5/c1-13(2)29-23(28)20-14(3)25-18-11-24(5,6)12-19(27)22(18)21(20)16-7-9-17(10-8-16)30-15(4)26/h7-10,13,21,25H,11-12H2,1-6H3/t21-/m1/s1. The van der Waals surface area contributed by atoms with E-state index >= 15 is 0 Å². The van der Waals surface area contributed by atoms with E-state index in [0.29, 0.717) is 29.0 Å². The first-order valence-corrected chi connectivity index (χ1v) is 10.2. The molecule has 1 aliphatic heterocycles. The minimum absolute atomic E-state index is 0.0326. The fourth-order valence-electron chi connectivity index (χ4n) is 4.21. The first kappa shape index (κ1) is 21.8. The van der Waals surface area contributed by atoms with Gasteiger partial charge in [-0.3, -0.25) is 9.59 Å². The Morgan fingerprint density at radius 1 is 1.13 bits per heavy atom. The molecule has 0 radical (unpaired) electrons. The van der Waals surface area contributed by atoms with Gasteiger partial charge in [-0.25, -0.2) is 4.79 Å². The van der Waals surface area contributed by atoms with Crippen molar-refractivity contribution >= 4 is 17.7 Å². The molecule has 0 unspecified atom stereocenters. The van der Waals surface area contributed by atoms with Gasteiger partial charge in [-0.1, -0.05) is 26.0 Å². The molecule has 1 aromatic carbocycles. The van der Waals surface area contributed by atoms with Gasteiger partial charge in [-0.2, -0.15) is 0 Å². The minimum atomic E-state index is -0.525. The topological polar surface area (TPSA) is 81.7 Å². The Hall–Kier alpha value is -2.89. The monoisotopic (exact) mass is 411 g/mol. The van der Waals surface area contributed by atoms with Crippen LogP contribution in [0.5, 0.6) is 5.75 Å². The Morgan fingerprint density at radius 2 is 1.77 bits per heavy atom. The molecular weight excluding hydrogens is 382 g/mol. The highest BCUT2D eigenvalue weighted by atomic mass is 16.5. The Balaban J connectivity index is 2.11. The smallest absolute Gasteiger partial charge is 0.337 e. The lowest BCUT2D eigenvalue weighted by atomic mass is 9.68. The summed E-state index contributed by atoms with van der Waals surface area (Å²) in [4.78, 5) is 37.4. The molecule has 1 N–H and O–H groups in total. The minimum Gasteiger partial charge on any atom is -0.460 e. The van der Waals surface area contributed by atoms with Gasteiger partial charge in [0.15, 0.2) is 5.78 Å². The lowest BCUT2D eigenvalue weighted by Crippen LogP contribution is -2.39. The normalized spacial score (nSPS) is 20.6. The zero-order valence-electron chi connectivity index (χ0n) is 18.4. The number of hydrogen-bond acceptors (Lipinski definition) is 6. The molecule has 0 aromatic heterocycles. The van der Waals surface area contributed by atoms with Crippen LogP contribution in [0.25, 0.3) is 0 Å². The van der Waals surface area contributed by atoms with Crippen LogP contribution in [-0.4, -0.2) is 23.8 Å². The molecular formula is C24H29NO5. The summed E-state index contributed by atoms with van der Waals surface area (Å²) in [5, 5.41) is 3.31. The highest BCUT2D eigenvalue weighted by Crippen LogP contribution is 2.47. The Labute approximate surface area is 177 Å². The molecule has 2 aliphatic rings. The van der Waals surface area contributed by atoms with Crippen molar-refractivity contribution < 1.29 is 23.9 Å². The molecule has 6 heteroatoms. The van der Waals surface area contributed by atoms with Crippen molar-refractivity contribution in [3.05, 3.63) is 52.4 Å². The van der Waals surface area contributed by atoms with Crippen LogP contribution in [0.15, 0.2) is 46.8 Å². The molecule has 30 heavy (non-hydrogen) atoms. The molecule has 0 saturated carbocycles. The number of nitrogens with one attached hydrogen (secondary N) is 1. The van der Waals surface area contributed by atoms with Gasteiger partial charge in [0.05, 0.1) is 11.7 Å². The Kier molecular flexibility index (Phi) is 5.88. The number of rotatable bonds is 4. The third-order valence-corrected chi connectivity index (χ3v) is 5.28. The molecule has 1 heterocycles. The van der Waals surface area contributed by atoms with Crippen molar-refractivity contribution in [3.63, 3.8) is 0 Å². The number of dihydropyridines is 1. The maximum absolute atomic E-state index is 13.2. The van der Waals surface area contributed by atoms with Crippen molar-refractivity contribution in [1.29, 1.82) is 0 Å². The van der Waals surface area contributed by atoms with E-state index < -0.39 is 17.9 Å². The van der Waals surface area contributed by atoms with Crippen molar-refractivity contribution in [2.75, 3.05) is 0 Å². The van der Waals surface area contributed by atoms with E-state index in [1.165, 1.54) is 6.92 Å². The van der Waals surface area contributed by atoms with Gasteiger partial charge in [0.25, 0.3) is 0 Å². The first-order chi connectivity index (χ1) is 14.0. The molecule has 160 valence electrons. The molecule has 1 aromatic rings. The van der Waals surface area contributed by atoms with Gasteiger partial charge in [0.2, 0.25) is 0 Å². The van der Waals surface area contributed by atoms with Crippen LogP contribution in [0.1, 0.15) is 65.9 Å². The highest BCUT2D eigenvalue weighted by molar-refractivity contribution is 6.04. The molecule has 1 aliphatic carbocycles. The fourth-order valence-corrected chi connectivity index (χ4v) is 4.21. The van der Waals surface area contributed by atoms with Crippen LogP contribution < -0.4 is 10.1 Å². The number of Topliss-reactive ketones (excluding diaryl/α,β-unsaturated/α-hetero) is 1. The molecule has 0 fully saturated rings. The number of esters is 2. The van der Waals surface area contributed by atoms with Crippen LogP contribution in [0.4, 0.5) is 0 Å². The molecule has 3 rings (SSSR count). The average Bonchev–Trinajstić information content (AvgIpc) is 2.58. The maximum atomic E-state index is 13.2. The van der Waals surface area contributed by atoms with Gasteiger partial charge >= 0.3 is 11.9 Å². The zero-order valence-corrected chi connectivity index (χ0v) is 18.4. The Bertz CT molecular complexity index is 950. The van der Waals surface area contributed by atoms with Gasteiger partial charge in [-0.15, -0.1) is 0 Å². The van der Waals surface area contributed by atoms with Gasteiger partial charge in [0, 0.05) is 36.2 Å². The van der Waals surface area contributed by atoms with Crippen molar-refractivity contribution in [3.8, 4) is 5.75 Å². The SMILES string of the molecule is CC(=O)Oc1ccc([C@@H]2C(C(=O)OC(C)C)=C(C)NC3=C2C(=O)CC(C)(C)C3)cc1. The summed E-state index contributed by atoms with van der Waals surface area (Å²) in [7, 11) is 0. The lowest BCUT2D eigenvalue weighted by Gasteiger charge is -2.39. The van der Waals surface area contributed by atoms with E-state index in [4.69, 9.17) is 9.47 Å². The summed E-state index contributed by atoms with van der Waals surface area (Å²) in [6.45, 7) is 10.9. The molecule has 0 spiro atoms. The van der Waals surface area contributed by atoms with E-state index in [1.54, 1.807) is 38.1 Å². The fraction of sp³-hybridized carbons (Fsp3) is 0.458. The summed E-state index contributed by atoms with van der Waals surface area (Å²) in [6, 6.07) is 6.94.